The lowest BCUT2D eigenvalue weighted by Crippen LogP contribution is -2.13. The van der Waals surface area contributed by atoms with Gasteiger partial charge in [-0.1, -0.05) is 20.6 Å². The molecule has 4 heterocycles. The van der Waals surface area contributed by atoms with Crippen LogP contribution in [0, 0.1) is 31.3 Å². The van der Waals surface area contributed by atoms with Gasteiger partial charge in [0.1, 0.15) is 39.9 Å². The average Bonchev–Trinajstić information content (AvgIpc) is 3.79. The molecule has 4 aromatic heterocycles. The molecule has 47 heavy (non-hydrogen) atoms. The van der Waals surface area contributed by atoms with Crippen molar-refractivity contribution in [1.29, 1.82) is 0 Å². The van der Waals surface area contributed by atoms with Gasteiger partial charge < -0.3 is 32.3 Å². The first-order valence-electron chi connectivity index (χ1n) is 12.2. The summed E-state index contributed by atoms with van der Waals surface area (Å²) >= 11 is 7.21. The number of nitrogens with zero attached hydrogens (tertiary/aromatic N) is 4. The molecule has 0 radical (unpaired) electrons. The third kappa shape index (κ3) is 11.6. The summed E-state index contributed by atoms with van der Waals surface area (Å²) in [6.07, 6.45) is -9.11. The van der Waals surface area contributed by atoms with Crippen LogP contribution in [-0.2, 0) is 32.4 Å². The molecule has 14 nitrogen and oxygen atoms in total. The molecule has 0 saturated heterocycles. The lowest BCUT2D eigenvalue weighted by atomic mass is 10.2. The summed E-state index contributed by atoms with van der Waals surface area (Å²) < 4.78 is 105. The van der Waals surface area contributed by atoms with Crippen molar-refractivity contribution in [3.8, 4) is 0 Å². The van der Waals surface area contributed by atoms with Crippen molar-refractivity contribution in [2.45, 2.75) is 45.9 Å². The van der Waals surface area contributed by atoms with E-state index in [0.717, 1.165) is 14.0 Å². The number of hydrogen-bond donors (Lipinski definition) is 0. The van der Waals surface area contributed by atoms with Crippen LogP contribution in [0.3, 0.4) is 0 Å². The second kappa shape index (κ2) is 17.7. The first-order valence-corrected chi connectivity index (χ1v) is 13.8. The van der Waals surface area contributed by atoms with Crippen molar-refractivity contribution in [3.63, 3.8) is 0 Å². The first-order chi connectivity index (χ1) is 21.7. The van der Waals surface area contributed by atoms with Gasteiger partial charge in [0.2, 0.25) is 11.4 Å². The molecule has 0 spiro atoms. The van der Waals surface area contributed by atoms with Crippen LogP contribution < -0.4 is 0 Å². The van der Waals surface area contributed by atoms with Gasteiger partial charge >= 0.3 is 30.3 Å². The number of carbonyl (C=O) groups is 3. The molecule has 0 aliphatic rings. The smallest absolute Gasteiger partial charge is 0.422 e. The quantitative estimate of drug-likeness (QED) is 0.0700. The number of alkyl halides is 7. The van der Waals surface area contributed by atoms with E-state index < -0.39 is 52.8 Å². The Labute approximate surface area is 279 Å². The Morgan fingerprint density at radius 1 is 0.702 bits per heavy atom. The average molecular weight is 817 g/mol. The molecule has 260 valence electrons. The maximum absolute atomic E-state index is 12.3. The van der Waals surface area contributed by atoms with E-state index in [4.69, 9.17) is 16.1 Å². The minimum atomic E-state index is -4.67. The number of esters is 3. The number of methoxy groups -OCH3 is 3. The molecule has 0 aliphatic carbocycles. The van der Waals surface area contributed by atoms with E-state index in [2.05, 4.69) is 48.4 Å². The summed E-state index contributed by atoms with van der Waals surface area (Å²) in [4.78, 5) is 32.4. The number of carbonyl (C=O) groups excluding carboxylic acids is 3. The monoisotopic (exact) mass is 816 g/mol. The Morgan fingerprint density at radius 3 is 1.53 bits per heavy atom. The maximum atomic E-state index is 12.3. The van der Waals surface area contributed by atoms with Crippen LogP contribution in [-0.4, -0.2) is 59.9 Å². The topological polar surface area (TPSA) is 183 Å². The van der Waals surface area contributed by atoms with Crippen LogP contribution >= 0.6 is 34.2 Å². The fourth-order valence-electron chi connectivity index (χ4n) is 2.97. The summed E-state index contributed by atoms with van der Waals surface area (Å²) in [5.74, 6) is -1.90. The zero-order valence-electron chi connectivity index (χ0n) is 25.2. The number of halogens is 8. The summed E-state index contributed by atoms with van der Waals surface area (Å²) in [6.45, 7) is 5.72. The molecule has 22 heteroatoms. The Morgan fingerprint density at radius 2 is 1.15 bits per heavy atom. The molecule has 0 saturated carbocycles. The van der Waals surface area contributed by atoms with Crippen molar-refractivity contribution in [3.05, 3.63) is 66.6 Å². The van der Waals surface area contributed by atoms with Gasteiger partial charge in [0.05, 0.1) is 30.8 Å². The van der Waals surface area contributed by atoms with E-state index in [1.54, 1.807) is 13.8 Å². The lowest BCUT2D eigenvalue weighted by molar-refractivity contribution is -0.139. The summed E-state index contributed by atoms with van der Waals surface area (Å²) in [7, 11) is 3.57. The second-order valence-electron chi connectivity index (χ2n) is 8.35. The number of aryl methyl sites for hydroxylation is 4. The minimum Gasteiger partial charge on any atom is -0.464 e. The molecule has 0 aromatic carbocycles. The van der Waals surface area contributed by atoms with E-state index in [0.29, 0.717) is 15.1 Å². The highest BCUT2D eigenvalue weighted by molar-refractivity contribution is 14.1. The van der Waals surface area contributed by atoms with Gasteiger partial charge in [-0.25, -0.2) is 14.4 Å². The Balaban J connectivity index is 0.000000316. The summed E-state index contributed by atoms with van der Waals surface area (Å²) in [5, 5.41) is 13.1. The zero-order valence-corrected chi connectivity index (χ0v) is 28.1. The second-order valence-corrected chi connectivity index (χ2v) is 9.70. The van der Waals surface area contributed by atoms with Crippen molar-refractivity contribution in [2.24, 2.45) is 0 Å². The molecular weight excluding hydrogens is 793 g/mol. The number of rotatable bonds is 4. The SMILES string of the molecule is COC(=O)c1cc(C)on1.COC(=O)c1noc(C)c1C(F)(F)F.COC(=O)c1noc(C)c1I.Cc1onc(CCl)c1C(F)(F)F. The van der Waals surface area contributed by atoms with Crippen molar-refractivity contribution < 1.29 is 73.0 Å². The van der Waals surface area contributed by atoms with Crippen LogP contribution in [0.1, 0.15) is 71.3 Å². The van der Waals surface area contributed by atoms with E-state index in [1.165, 1.54) is 27.2 Å². The highest BCUT2D eigenvalue weighted by Gasteiger charge is 2.41. The third-order valence-electron chi connectivity index (χ3n) is 5.06. The van der Waals surface area contributed by atoms with Crippen LogP contribution in [0.4, 0.5) is 26.3 Å². The highest BCUT2D eigenvalue weighted by Crippen LogP contribution is 2.35. The van der Waals surface area contributed by atoms with Gasteiger partial charge in [-0.05, 0) is 50.3 Å². The molecule has 4 rings (SSSR count). The number of aromatic nitrogens is 4. The predicted molar refractivity (Wildman–Crippen MR) is 151 cm³/mol. The Kier molecular flexibility index (Phi) is 15.4. The van der Waals surface area contributed by atoms with Crippen molar-refractivity contribution in [1.82, 2.24) is 20.6 Å². The molecule has 4 aromatic rings. The van der Waals surface area contributed by atoms with Gasteiger partial charge in [0.25, 0.3) is 0 Å². The molecule has 0 unspecified atom stereocenters. The van der Waals surface area contributed by atoms with Crippen molar-refractivity contribution >= 4 is 52.1 Å². The molecule has 0 aliphatic heterocycles. The highest BCUT2D eigenvalue weighted by atomic mass is 127. The van der Waals surface area contributed by atoms with Crippen LogP contribution in [0.5, 0.6) is 0 Å². The van der Waals surface area contributed by atoms with Crippen molar-refractivity contribution in [2.75, 3.05) is 21.3 Å². The Hall–Kier alpha value is -4.15. The molecule has 0 atom stereocenters. The number of ether oxygens (including phenoxy) is 3. The third-order valence-corrected chi connectivity index (χ3v) is 6.58. The fraction of sp³-hybridized carbons (Fsp3) is 0.400. The minimum absolute atomic E-state index is 0.208. The molecule has 0 amide bonds. The van der Waals surface area contributed by atoms with E-state index >= 15 is 0 Å². The lowest BCUT2D eigenvalue weighted by Gasteiger charge is -2.04. The summed E-state index contributed by atoms with van der Waals surface area (Å²) in [6, 6.07) is 1.52. The molecule has 0 fully saturated rings. The largest absolute Gasteiger partial charge is 0.464 e. The first kappa shape index (κ1) is 40.9. The fourth-order valence-corrected chi connectivity index (χ4v) is 3.57. The van der Waals surface area contributed by atoms with Crippen LogP contribution in [0.2, 0.25) is 0 Å². The summed E-state index contributed by atoms with van der Waals surface area (Å²) in [5.41, 5.74) is -2.72. The van der Waals surface area contributed by atoms with Gasteiger partial charge in [0.15, 0.2) is 5.69 Å². The standard InChI is InChI=1S/C7H6F3NO3.C6H5ClF3NO.C6H6INO3.C6H7NO3/c1-3-4(7(8,9)10)5(11-14-3)6(12)13-2;1-3-5(6(8,9)10)4(2-7)11-12-3;1-3-4(7)5(8-11-3)6(9)10-2;1-4-3-5(7-10-4)6(8)9-2/h1-2H3;2H2,1H3;1-2H3;3H,1-2H3. The van der Waals surface area contributed by atoms with Gasteiger partial charge in [-0.15, -0.1) is 11.6 Å². The zero-order chi connectivity index (χ0) is 36.3. The maximum Gasteiger partial charge on any atom is 0.422 e. The van der Waals surface area contributed by atoms with Gasteiger partial charge in [-0.3, -0.25) is 0 Å². The molecular formula is C25H24ClF6IN4O10. The predicted octanol–water partition coefficient (Wildman–Crippen LogP) is 6.67. The van der Waals surface area contributed by atoms with Gasteiger partial charge in [-0.2, -0.15) is 26.3 Å². The molecule has 0 N–H and O–H groups in total. The van der Waals surface area contributed by atoms with E-state index in [-0.39, 0.29) is 28.7 Å². The van der Waals surface area contributed by atoms with Crippen LogP contribution in [0.15, 0.2) is 24.2 Å². The number of hydrogen-bond acceptors (Lipinski definition) is 14. The van der Waals surface area contributed by atoms with E-state index in [1.807, 2.05) is 22.6 Å². The van der Waals surface area contributed by atoms with Crippen LogP contribution in [0.25, 0.3) is 0 Å². The normalized spacial score (nSPS) is 10.8. The Bertz CT molecular complexity index is 1650. The van der Waals surface area contributed by atoms with Gasteiger partial charge in [0, 0.05) is 6.07 Å². The molecule has 0 bridgehead atoms. The van der Waals surface area contributed by atoms with E-state index in [9.17, 15) is 40.7 Å².